The average molecular weight is 270 g/mol. The van der Waals surface area contributed by atoms with Crippen molar-refractivity contribution in [3.63, 3.8) is 0 Å². The first-order valence-electron chi connectivity index (χ1n) is 7.21. The van der Waals surface area contributed by atoms with Crippen molar-refractivity contribution in [3.05, 3.63) is 0 Å². The molecule has 2 unspecified atom stereocenters. The highest BCUT2D eigenvalue weighted by Crippen LogP contribution is 2.51. The summed E-state index contributed by atoms with van der Waals surface area (Å²) < 4.78 is 5.65. The van der Waals surface area contributed by atoms with Crippen LogP contribution >= 0.6 is 0 Å². The van der Waals surface area contributed by atoms with Gasteiger partial charge < -0.3 is 20.5 Å². The third-order valence-electron chi connectivity index (χ3n) is 5.06. The summed E-state index contributed by atoms with van der Waals surface area (Å²) in [6.45, 7) is 7.32. The second-order valence-corrected chi connectivity index (χ2v) is 6.32. The minimum absolute atomic E-state index is 0.0231. The summed E-state index contributed by atoms with van der Waals surface area (Å²) in [5.41, 5.74) is 5.17. The van der Waals surface area contributed by atoms with Crippen LogP contribution in [-0.2, 0) is 9.53 Å². The molecule has 2 fully saturated rings. The van der Waals surface area contributed by atoms with E-state index < -0.39 is 5.54 Å². The normalized spacial score (nSPS) is 37.2. The summed E-state index contributed by atoms with van der Waals surface area (Å²) >= 11 is 0. The fraction of sp³-hybridized carbons (Fsp3) is 0.929. The van der Waals surface area contributed by atoms with Crippen LogP contribution in [0.1, 0.15) is 40.0 Å². The lowest BCUT2D eigenvalue weighted by Gasteiger charge is -2.58. The first-order chi connectivity index (χ1) is 8.88. The predicted octanol–water partition coefficient (Wildman–Crippen LogP) is 0.502. The Bertz CT molecular complexity index is 359. The number of nitrogens with zero attached hydrogens (tertiary/aromatic N) is 1. The van der Waals surface area contributed by atoms with Gasteiger partial charge in [0.05, 0.1) is 18.8 Å². The molecular formula is C14H26N2O3. The van der Waals surface area contributed by atoms with Crippen LogP contribution in [0.25, 0.3) is 0 Å². The first-order valence-corrected chi connectivity index (χ1v) is 7.21. The van der Waals surface area contributed by atoms with Crippen LogP contribution < -0.4 is 5.73 Å². The lowest BCUT2D eigenvalue weighted by molar-refractivity contribution is -0.180. The van der Waals surface area contributed by atoms with E-state index in [1.54, 1.807) is 4.90 Å². The monoisotopic (exact) mass is 270 g/mol. The van der Waals surface area contributed by atoms with E-state index in [0.29, 0.717) is 19.6 Å². The van der Waals surface area contributed by atoms with E-state index in [9.17, 15) is 9.90 Å². The predicted molar refractivity (Wildman–Crippen MR) is 72.6 cm³/mol. The zero-order chi connectivity index (χ0) is 14.3. The number of carbonyl (C=O) groups excluding carboxylic acids is 1. The van der Waals surface area contributed by atoms with E-state index in [0.717, 1.165) is 12.8 Å². The average Bonchev–Trinajstić information content (AvgIpc) is 2.85. The third kappa shape index (κ3) is 2.08. The highest BCUT2D eigenvalue weighted by Gasteiger charge is 2.64. The van der Waals surface area contributed by atoms with Crippen molar-refractivity contribution in [2.75, 3.05) is 19.8 Å². The van der Waals surface area contributed by atoms with Crippen LogP contribution in [0.5, 0.6) is 0 Å². The molecule has 1 aliphatic heterocycles. The van der Waals surface area contributed by atoms with E-state index in [1.165, 1.54) is 0 Å². The molecule has 1 aliphatic carbocycles. The summed E-state index contributed by atoms with van der Waals surface area (Å²) in [7, 11) is 0. The maximum atomic E-state index is 12.7. The lowest BCUT2D eigenvalue weighted by Crippen LogP contribution is -2.76. The first kappa shape index (κ1) is 14.8. The van der Waals surface area contributed by atoms with Gasteiger partial charge in [0.25, 0.3) is 0 Å². The number of aliphatic hydroxyl groups excluding tert-OH is 1. The Balaban J connectivity index is 2.11. The van der Waals surface area contributed by atoms with Gasteiger partial charge in [0.15, 0.2) is 0 Å². The van der Waals surface area contributed by atoms with Crippen LogP contribution in [0.3, 0.4) is 0 Å². The van der Waals surface area contributed by atoms with Crippen LogP contribution in [0.15, 0.2) is 0 Å². The van der Waals surface area contributed by atoms with Crippen LogP contribution in [0, 0.1) is 5.41 Å². The van der Waals surface area contributed by atoms with Gasteiger partial charge in [-0.25, -0.2) is 0 Å². The summed E-state index contributed by atoms with van der Waals surface area (Å²) in [5.74, 6) is -0.0231. The molecule has 0 bridgehead atoms. The molecule has 0 aromatic rings. The van der Waals surface area contributed by atoms with E-state index >= 15 is 0 Å². The number of carbonyl (C=O) groups is 1. The van der Waals surface area contributed by atoms with Crippen molar-refractivity contribution in [1.82, 2.24) is 4.90 Å². The zero-order valence-electron chi connectivity index (χ0n) is 12.2. The SMILES string of the molecule is CCOC1CC(N)(C(=O)N2CCC[C@H]2CO)C1(C)C. The Morgan fingerprint density at radius 2 is 2.21 bits per heavy atom. The van der Waals surface area contributed by atoms with Gasteiger partial charge in [-0.1, -0.05) is 13.8 Å². The molecular weight excluding hydrogens is 244 g/mol. The summed E-state index contributed by atoms with van der Waals surface area (Å²) in [5, 5.41) is 9.35. The Morgan fingerprint density at radius 3 is 2.74 bits per heavy atom. The maximum absolute atomic E-state index is 12.7. The van der Waals surface area contributed by atoms with E-state index in [1.807, 2.05) is 20.8 Å². The van der Waals surface area contributed by atoms with Gasteiger partial charge >= 0.3 is 0 Å². The highest BCUT2D eigenvalue weighted by atomic mass is 16.5. The Labute approximate surface area is 115 Å². The maximum Gasteiger partial charge on any atom is 0.243 e. The minimum atomic E-state index is -0.857. The summed E-state index contributed by atoms with van der Waals surface area (Å²) in [6, 6.07) is -0.0603. The van der Waals surface area contributed by atoms with Crippen molar-refractivity contribution in [2.24, 2.45) is 11.1 Å². The molecule has 3 atom stereocenters. The second kappa shape index (κ2) is 5.04. The number of aliphatic hydroxyl groups is 1. The summed E-state index contributed by atoms with van der Waals surface area (Å²) in [4.78, 5) is 14.5. The van der Waals surface area contributed by atoms with Crippen LogP contribution in [-0.4, -0.2) is 53.4 Å². The van der Waals surface area contributed by atoms with Crippen LogP contribution in [0.2, 0.25) is 0 Å². The second-order valence-electron chi connectivity index (χ2n) is 6.32. The molecule has 19 heavy (non-hydrogen) atoms. The van der Waals surface area contributed by atoms with Crippen molar-refractivity contribution >= 4 is 5.91 Å². The molecule has 5 nitrogen and oxygen atoms in total. The minimum Gasteiger partial charge on any atom is -0.394 e. The molecule has 5 heteroatoms. The number of likely N-dealkylation sites (tertiary alicyclic amines) is 1. The highest BCUT2D eigenvalue weighted by molar-refractivity contribution is 5.89. The molecule has 1 saturated heterocycles. The molecule has 1 amide bonds. The van der Waals surface area contributed by atoms with E-state index in [4.69, 9.17) is 10.5 Å². The number of nitrogens with two attached hydrogens (primary N) is 1. The van der Waals surface area contributed by atoms with Gasteiger partial charge in [-0.05, 0) is 19.8 Å². The molecule has 110 valence electrons. The molecule has 0 spiro atoms. The Kier molecular flexibility index (Phi) is 3.91. The fourth-order valence-corrected chi connectivity index (χ4v) is 3.35. The van der Waals surface area contributed by atoms with E-state index in [2.05, 4.69) is 0 Å². The standard InChI is InChI=1S/C14H26N2O3/c1-4-19-11-8-14(15,13(11,2)3)12(18)16-7-5-6-10(16)9-17/h10-11,17H,4-9,15H2,1-3H3/t10-,11?,14?/m0/s1. The molecule has 0 aromatic carbocycles. The van der Waals surface area contributed by atoms with Crippen LogP contribution in [0.4, 0.5) is 0 Å². The Hall–Kier alpha value is -0.650. The quantitative estimate of drug-likeness (QED) is 0.780. The molecule has 2 aliphatic rings. The van der Waals surface area contributed by atoms with Crippen molar-refractivity contribution in [1.29, 1.82) is 0 Å². The summed E-state index contributed by atoms with van der Waals surface area (Å²) in [6.07, 6.45) is 2.43. The number of hydrogen-bond donors (Lipinski definition) is 2. The lowest BCUT2D eigenvalue weighted by atomic mass is 9.54. The number of hydrogen-bond acceptors (Lipinski definition) is 4. The van der Waals surface area contributed by atoms with Crippen molar-refractivity contribution in [2.45, 2.75) is 57.7 Å². The van der Waals surface area contributed by atoms with Crippen molar-refractivity contribution in [3.8, 4) is 0 Å². The molecule has 0 aromatic heterocycles. The number of ether oxygens (including phenoxy) is 1. The van der Waals surface area contributed by atoms with Gasteiger partial charge in [-0.15, -0.1) is 0 Å². The van der Waals surface area contributed by atoms with Gasteiger partial charge in [-0.2, -0.15) is 0 Å². The van der Waals surface area contributed by atoms with Gasteiger partial charge in [0.1, 0.15) is 5.54 Å². The number of amides is 1. The Morgan fingerprint density at radius 1 is 1.53 bits per heavy atom. The largest absolute Gasteiger partial charge is 0.394 e. The van der Waals surface area contributed by atoms with Crippen molar-refractivity contribution < 1.29 is 14.6 Å². The smallest absolute Gasteiger partial charge is 0.243 e. The molecule has 0 radical (unpaired) electrons. The molecule has 3 N–H and O–H groups in total. The molecule has 1 saturated carbocycles. The van der Waals surface area contributed by atoms with Gasteiger partial charge in [-0.3, -0.25) is 4.79 Å². The van der Waals surface area contributed by atoms with Gasteiger partial charge in [0, 0.05) is 25.0 Å². The van der Waals surface area contributed by atoms with Gasteiger partial charge in [0.2, 0.25) is 5.91 Å². The molecule has 2 rings (SSSR count). The molecule has 1 heterocycles. The zero-order valence-corrected chi connectivity index (χ0v) is 12.2. The topological polar surface area (TPSA) is 75.8 Å². The van der Waals surface area contributed by atoms with E-state index in [-0.39, 0.29) is 30.1 Å². The third-order valence-corrected chi connectivity index (χ3v) is 5.06. The number of rotatable bonds is 4. The fourth-order valence-electron chi connectivity index (χ4n) is 3.35.